The first-order valence-corrected chi connectivity index (χ1v) is 10.5. The topological polar surface area (TPSA) is 128 Å². The number of benzene rings is 2. The number of piperazine rings is 1. The van der Waals surface area contributed by atoms with Gasteiger partial charge in [0, 0.05) is 44.1 Å². The van der Waals surface area contributed by atoms with Gasteiger partial charge >= 0.3 is 11.9 Å². The van der Waals surface area contributed by atoms with Crippen LogP contribution in [0.4, 0.5) is 0 Å². The van der Waals surface area contributed by atoms with Gasteiger partial charge in [-0.15, -0.1) is 0 Å². The second kappa shape index (κ2) is 11.4. The highest BCUT2D eigenvalue weighted by Crippen LogP contribution is 2.20. The molecule has 0 aliphatic carbocycles. The van der Waals surface area contributed by atoms with Crippen LogP contribution in [-0.4, -0.2) is 74.9 Å². The maximum atomic E-state index is 12.8. The molecule has 174 valence electrons. The molecule has 0 saturated carbocycles. The third-order valence-electron chi connectivity index (χ3n) is 5.18. The summed E-state index contributed by atoms with van der Waals surface area (Å²) in [4.78, 5) is 51.1. The average molecular weight is 461 g/mol. The molecule has 1 aromatic heterocycles. The fourth-order valence-corrected chi connectivity index (χ4v) is 3.40. The summed E-state index contributed by atoms with van der Waals surface area (Å²) in [5, 5.41) is 14.8. The number of carbonyl (C=O) groups is 4. The van der Waals surface area contributed by atoms with Crippen molar-refractivity contribution in [1.82, 2.24) is 14.8 Å². The number of rotatable bonds is 3. The van der Waals surface area contributed by atoms with E-state index in [0.717, 1.165) is 11.1 Å². The van der Waals surface area contributed by atoms with E-state index in [1.54, 1.807) is 29.4 Å². The second-order valence-corrected chi connectivity index (χ2v) is 7.38. The van der Waals surface area contributed by atoms with Crippen molar-refractivity contribution in [3.8, 4) is 11.1 Å². The lowest BCUT2D eigenvalue weighted by Gasteiger charge is -2.34. The van der Waals surface area contributed by atoms with Crippen molar-refractivity contribution in [2.45, 2.75) is 0 Å². The molecule has 1 fully saturated rings. The summed E-state index contributed by atoms with van der Waals surface area (Å²) >= 11 is 0. The Bertz CT molecular complexity index is 1130. The van der Waals surface area contributed by atoms with Gasteiger partial charge in [-0.3, -0.25) is 14.6 Å². The fraction of sp³-hybridized carbons (Fsp3) is 0.160. The molecule has 1 aliphatic rings. The summed E-state index contributed by atoms with van der Waals surface area (Å²) in [7, 11) is 0. The second-order valence-electron chi connectivity index (χ2n) is 7.38. The lowest BCUT2D eigenvalue weighted by molar-refractivity contribution is -0.159. The fourth-order valence-electron chi connectivity index (χ4n) is 3.40. The van der Waals surface area contributed by atoms with Crippen molar-refractivity contribution in [2.75, 3.05) is 26.2 Å². The number of pyridine rings is 1. The van der Waals surface area contributed by atoms with Gasteiger partial charge < -0.3 is 20.0 Å². The predicted octanol–water partition coefficient (Wildman–Crippen LogP) is 2.50. The number of aromatic nitrogens is 1. The number of carboxylic acid groups (broad SMARTS) is 2. The summed E-state index contributed by atoms with van der Waals surface area (Å²) < 4.78 is 0. The van der Waals surface area contributed by atoms with Crippen molar-refractivity contribution in [3.05, 3.63) is 90.3 Å². The van der Waals surface area contributed by atoms with Crippen LogP contribution in [0.5, 0.6) is 0 Å². The summed E-state index contributed by atoms with van der Waals surface area (Å²) in [5.74, 6) is -3.68. The van der Waals surface area contributed by atoms with E-state index < -0.39 is 11.9 Å². The Morgan fingerprint density at radius 3 is 1.59 bits per heavy atom. The summed E-state index contributed by atoms with van der Waals surface area (Å²) in [6.45, 7) is 2.12. The molecule has 0 spiro atoms. The van der Waals surface area contributed by atoms with E-state index in [2.05, 4.69) is 17.1 Å². The van der Waals surface area contributed by atoms with E-state index in [4.69, 9.17) is 19.8 Å². The van der Waals surface area contributed by atoms with Crippen LogP contribution in [0.3, 0.4) is 0 Å². The molecule has 9 heteroatoms. The van der Waals surface area contributed by atoms with Crippen molar-refractivity contribution in [1.29, 1.82) is 0 Å². The van der Waals surface area contributed by atoms with Crippen molar-refractivity contribution in [2.24, 2.45) is 0 Å². The highest BCUT2D eigenvalue weighted by molar-refractivity contribution is 6.27. The molecule has 2 aromatic carbocycles. The van der Waals surface area contributed by atoms with Crippen molar-refractivity contribution < 1.29 is 29.4 Å². The van der Waals surface area contributed by atoms with E-state index in [-0.39, 0.29) is 11.8 Å². The largest absolute Gasteiger partial charge is 0.473 e. The average Bonchev–Trinajstić information content (AvgIpc) is 2.89. The van der Waals surface area contributed by atoms with Gasteiger partial charge in [0.1, 0.15) is 0 Å². The number of aliphatic carboxylic acids is 2. The van der Waals surface area contributed by atoms with Crippen LogP contribution in [0.15, 0.2) is 79.1 Å². The quantitative estimate of drug-likeness (QED) is 0.574. The third-order valence-corrected chi connectivity index (χ3v) is 5.18. The number of hydrogen-bond donors (Lipinski definition) is 2. The third kappa shape index (κ3) is 6.26. The molecule has 0 radical (unpaired) electrons. The Labute approximate surface area is 195 Å². The molecular weight excluding hydrogens is 438 g/mol. The predicted molar refractivity (Wildman–Crippen MR) is 123 cm³/mol. The van der Waals surface area contributed by atoms with Crippen LogP contribution >= 0.6 is 0 Å². The van der Waals surface area contributed by atoms with Gasteiger partial charge in [-0.1, -0.05) is 42.5 Å². The Kier molecular flexibility index (Phi) is 8.07. The summed E-state index contributed by atoms with van der Waals surface area (Å²) in [6, 6.07) is 21.3. The molecule has 34 heavy (non-hydrogen) atoms. The molecule has 4 rings (SSSR count). The molecule has 1 saturated heterocycles. The Morgan fingerprint density at radius 1 is 0.618 bits per heavy atom. The normalized spacial score (nSPS) is 12.8. The highest BCUT2D eigenvalue weighted by Gasteiger charge is 2.25. The molecule has 0 bridgehead atoms. The monoisotopic (exact) mass is 461 g/mol. The van der Waals surface area contributed by atoms with Crippen LogP contribution in [0.25, 0.3) is 11.1 Å². The SMILES string of the molecule is O=C(O)C(=O)O.O=C(c1ccc(-c2ccccc2)cc1)N1CCN(C(=O)c2cccnc2)CC1. The van der Waals surface area contributed by atoms with Gasteiger partial charge in [0.05, 0.1) is 5.56 Å². The molecule has 2 amide bonds. The minimum absolute atomic E-state index is 0.00749. The Hall–Kier alpha value is -4.53. The molecule has 2 heterocycles. The van der Waals surface area contributed by atoms with Crippen LogP contribution in [0, 0.1) is 0 Å². The van der Waals surface area contributed by atoms with E-state index in [1.165, 1.54) is 0 Å². The molecule has 9 nitrogen and oxygen atoms in total. The number of amides is 2. The molecular formula is C25H23N3O6. The van der Waals surface area contributed by atoms with E-state index in [9.17, 15) is 9.59 Å². The first-order valence-electron chi connectivity index (χ1n) is 10.5. The molecule has 2 N–H and O–H groups in total. The lowest BCUT2D eigenvalue weighted by Crippen LogP contribution is -2.50. The van der Waals surface area contributed by atoms with E-state index in [0.29, 0.717) is 37.3 Å². The van der Waals surface area contributed by atoms with Gasteiger partial charge in [0.2, 0.25) is 0 Å². The first-order chi connectivity index (χ1) is 16.4. The van der Waals surface area contributed by atoms with Gasteiger partial charge in [-0.25, -0.2) is 9.59 Å². The van der Waals surface area contributed by atoms with Gasteiger partial charge in [0.25, 0.3) is 11.8 Å². The molecule has 0 unspecified atom stereocenters. The summed E-state index contributed by atoms with van der Waals surface area (Å²) in [6.07, 6.45) is 3.23. The Morgan fingerprint density at radius 2 is 1.12 bits per heavy atom. The van der Waals surface area contributed by atoms with Crippen LogP contribution in [0.2, 0.25) is 0 Å². The van der Waals surface area contributed by atoms with Crippen molar-refractivity contribution in [3.63, 3.8) is 0 Å². The first kappa shape index (κ1) is 24.1. The minimum atomic E-state index is -1.82. The zero-order chi connectivity index (χ0) is 24.5. The summed E-state index contributed by atoms with van der Waals surface area (Å²) in [5.41, 5.74) is 3.47. The van der Waals surface area contributed by atoms with Crippen LogP contribution in [0.1, 0.15) is 20.7 Å². The minimum Gasteiger partial charge on any atom is -0.473 e. The van der Waals surface area contributed by atoms with E-state index >= 15 is 0 Å². The maximum absolute atomic E-state index is 12.8. The van der Waals surface area contributed by atoms with Crippen LogP contribution < -0.4 is 0 Å². The van der Waals surface area contributed by atoms with Crippen LogP contribution in [-0.2, 0) is 9.59 Å². The zero-order valence-corrected chi connectivity index (χ0v) is 18.2. The Balaban J connectivity index is 0.000000481. The molecule has 3 aromatic rings. The van der Waals surface area contributed by atoms with E-state index in [1.807, 2.05) is 47.4 Å². The van der Waals surface area contributed by atoms with Gasteiger partial charge in [0.15, 0.2) is 0 Å². The standard InChI is InChI=1S/C23H21N3O2.C2H2O4/c27-22(20-10-8-19(9-11-20)18-5-2-1-3-6-18)25-13-15-26(16-14-25)23(28)21-7-4-12-24-17-21;3-1(4)2(5)6/h1-12,17H,13-16H2;(H,3,4)(H,5,6). The highest BCUT2D eigenvalue weighted by atomic mass is 16.4. The van der Waals surface area contributed by atoms with Crippen molar-refractivity contribution >= 4 is 23.8 Å². The smallest absolute Gasteiger partial charge is 0.414 e. The molecule has 0 atom stereocenters. The van der Waals surface area contributed by atoms with Gasteiger partial charge in [-0.05, 0) is 35.4 Å². The van der Waals surface area contributed by atoms with Gasteiger partial charge in [-0.2, -0.15) is 0 Å². The maximum Gasteiger partial charge on any atom is 0.414 e. The lowest BCUT2D eigenvalue weighted by atomic mass is 10.0. The number of nitrogens with zero attached hydrogens (tertiary/aromatic N) is 3. The number of carboxylic acids is 2. The molecule has 1 aliphatic heterocycles. The number of carbonyl (C=O) groups excluding carboxylic acids is 2. The zero-order valence-electron chi connectivity index (χ0n) is 18.2. The number of hydrogen-bond acceptors (Lipinski definition) is 5.